The Morgan fingerprint density at radius 1 is 1.06 bits per heavy atom. The summed E-state index contributed by atoms with van der Waals surface area (Å²) in [6.45, 7) is 4.78. The van der Waals surface area contributed by atoms with Crippen molar-refractivity contribution < 1.29 is 9.18 Å². The summed E-state index contributed by atoms with van der Waals surface area (Å²) in [5, 5.41) is 3.10. The van der Waals surface area contributed by atoms with E-state index in [0.717, 1.165) is 51.2 Å². The Balaban J connectivity index is 1.44. The van der Waals surface area contributed by atoms with E-state index in [2.05, 4.69) is 41.4 Å². The third-order valence-electron chi connectivity index (χ3n) is 7.59. The minimum Gasteiger partial charge on any atom is -0.299 e. The van der Waals surface area contributed by atoms with Gasteiger partial charge in [-0.25, -0.2) is 9.18 Å². The summed E-state index contributed by atoms with van der Waals surface area (Å²) in [7, 11) is 0. The Labute approximate surface area is 195 Å². The Kier molecular flexibility index (Phi) is 6.19. The predicted molar refractivity (Wildman–Crippen MR) is 130 cm³/mol. The Morgan fingerprint density at radius 2 is 1.82 bits per heavy atom. The molecule has 174 valence electrons. The third kappa shape index (κ3) is 4.41. The van der Waals surface area contributed by atoms with Crippen LogP contribution >= 0.6 is 0 Å². The summed E-state index contributed by atoms with van der Waals surface area (Å²) < 4.78 is 14.1. The number of aliphatic imine (C=N–C) groups is 1. The number of nitrogens with one attached hydrogen (secondary N) is 1. The number of aryl methyl sites for hydroxylation is 1. The van der Waals surface area contributed by atoms with Crippen LogP contribution in [0.3, 0.4) is 0 Å². The number of carbonyl (C=O) groups is 1. The van der Waals surface area contributed by atoms with Crippen molar-refractivity contribution >= 4 is 17.6 Å². The molecule has 1 aliphatic carbocycles. The van der Waals surface area contributed by atoms with Gasteiger partial charge in [-0.1, -0.05) is 49.6 Å². The Bertz CT molecular complexity index is 1040. The van der Waals surface area contributed by atoms with Crippen LogP contribution in [-0.2, 0) is 6.54 Å². The number of rotatable bonds is 4. The van der Waals surface area contributed by atoms with E-state index in [1.54, 1.807) is 11.0 Å². The fourth-order valence-electron chi connectivity index (χ4n) is 5.67. The second kappa shape index (κ2) is 9.26. The van der Waals surface area contributed by atoms with E-state index in [0.29, 0.717) is 5.69 Å². The van der Waals surface area contributed by atoms with Crippen LogP contribution in [0.5, 0.6) is 0 Å². The quantitative estimate of drug-likeness (QED) is 0.678. The molecule has 0 atom stereocenters. The van der Waals surface area contributed by atoms with Gasteiger partial charge in [0.15, 0.2) is 0 Å². The largest absolute Gasteiger partial charge is 0.328 e. The number of urea groups is 1. The van der Waals surface area contributed by atoms with Crippen LogP contribution in [0.15, 0.2) is 53.5 Å². The molecule has 0 unspecified atom stereocenters. The molecule has 3 aliphatic rings. The van der Waals surface area contributed by atoms with Gasteiger partial charge >= 0.3 is 6.03 Å². The molecule has 33 heavy (non-hydrogen) atoms. The number of nitrogens with zero attached hydrogens (tertiary/aromatic N) is 3. The number of piperidine rings is 1. The highest BCUT2D eigenvalue weighted by Crippen LogP contribution is 2.39. The number of benzene rings is 2. The maximum atomic E-state index is 14.1. The summed E-state index contributed by atoms with van der Waals surface area (Å²) in [4.78, 5) is 22.6. The minimum atomic E-state index is -0.537. The van der Waals surface area contributed by atoms with Crippen molar-refractivity contribution in [1.82, 2.24) is 10.2 Å². The fourth-order valence-corrected chi connectivity index (χ4v) is 5.67. The smallest absolute Gasteiger partial charge is 0.299 e. The number of likely N-dealkylation sites (tertiary alicyclic amines) is 1. The van der Waals surface area contributed by atoms with E-state index in [9.17, 15) is 9.18 Å². The van der Waals surface area contributed by atoms with Gasteiger partial charge in [-0.15, -0.1) is 0 Å². The van der Waals surface area contributed by atoms with E-state index < -0.39 is 5.54 Å². The van der Waals surface area contributed by atoms with Gasteiger partial charge in [-0.05, 0) is 61.9 Å². The molecular formula is C27H33FN4O. The lowest BCUT2D eigenvalue weighted by atomic mass is 9.84. The SMILES string of the molecule is Cc1ccccc1CN1CCC2(CC1)C(=NC1CCCCC1)NC(=O)N2c1cccc(F)c1. The molecule has 2 aliphatic heterocycles. The lowest BCUT2D eigenvalue weighted by molar-refractivity contribution is 0.184. The summed E-state index contributed by atoms with van der Waals surface area (Å²) >= 11 is 0. The van der Waals surface area contributed by atoms with E-state index in [-0.39, 0.29) is 17.9 Å². The van der Waals surface area contributed by atoms with Crippen molar-refractivity contribution in [3.05, 3.63) is 65.5 Å². The van der Waals surface area contributed by atoms with E-state index in [1.807, 2.05) is 6.07 Å². The van der Waals surface area contributed by atoms with Gasteiger partial charge in [-0.2, -0.15) is 0 Å². The number of anilines is 1. The Hall–Kier alpha value is -2.73. The minimum absolute atomic E-state index is 0.192. The molecule has 2 aromatic rings. The van der Waals surface area contributed by atoms with Gasteiger partial charge in [0.05, 0.1) is 6.04 Å². The molecule has 0 aromatic heterocycles. The molecular weight excluding hydrogens is 415 g/mol. The second-order valence-corrected chi connectivity index (χ2v) is 9.75. The van der Waals surface area contributed by atoms with E-state index >= 15 is 0 Å². The molecule has 2 amide bonds. The van der Waals surface area contributed by atoms with Crippen LogP contribution in [0.4, 0.5) is 14.9 Å². The molecule has 2 heterocycles. The molecule has 3 fully saturated rings. The van der Waals surface area contributed by atoms with Crippen molar-refractivity contribution in [3.8, 4) is 0 Å². The first kappa shape index (κ1) is 22.1. The topological polar surface area (TPSA) is 47.9 Å². The predicted octanol–water partition coefficient (Wildman–Crippen LogP) is 5.43. The first-order valence-corrected chi connectivity index (χ1v) is 12.3. The zero-order valence-corrected chi connectivity index (χ0v) is 19.4. The number of hydrogen-bond donors (Lipinski definition) is 1. The van der Waals surface area contributed by atoms with Crippen LogP contribution in [-0.4, -0.2) is 41.4 Å². The van der Waals surface area contributed by atoms with Crippen LogP contribution in [0.2, 0.25) is 0 Å². The van der Waals surface area contributed by atoms with Crippen molar-refractivity contribution in [2.24, 2.45) is 4.99 Å². The molecule has 1 N–H and O–H groups in total. The number of amidine groups is 1. The van der Waals surface area contributed by atoms with Crippen LogP contribution in [0.1, 0.15) is 56.1 Å². The highest BCUT2D eigenvalue weighted by atomic mass is 19.1. The average molecular weight is 449 g/mol. The van der Waals surface area contributed by atoms with Gasteiger partial charge in [0.2, 0.25) is 0 Å². The lowest BCUT2D eigenvalue weighted by Gasteiger charge is -2.44. The Morgan fingerprint density at radius 3 is 2.55 bits per heavy atom. The van der Waals surface area contributed by atoms with Crippen LogP contribution < -0.4 is 10.2 Å². The molecule has 6 heteroatoms. The molecule has 5 rings (SSSR count). The van der Waals surface area contributed by atoms with Crippen LogP contribution in [0, 0.1) is 12.7 Å². The van der Waals surface area contributed by atoms with E-state index in [1.165, 1.54) is 42.5 Å². The molecule has 0 radical (unpaired) electrons. The maximum absolute atomic E-state index is 14.1. The van der Waals surface area contributed by atoms with Gasteiger partial charge in [0.25, 0.3) is 0 Å². The number of carbonyl (C=O) groups excluding carboxylic acids is 1. The average Bonchev–Trinajstić information content (AvgIpc) is 3.08. The van der Waals surface area contributed by atoms with Gasteiger partial charge in [0, 0.05) is 25.3 Å². The highest BCUT2D eigenvalue weighted by Gasteiger charge is 2.53. The first-order valence-electron chi connectivity index (χ1n) is 12.3. The molecule has 2 saturated heterocycles. The summed E-state index contributed by atoms with van der Waals surface area (Å²) in [6.07, 6.45) is 7.37. The maximum Gasteiger partial charge on any atom is 0.328 e. The van der Waals surface area contributed by atoms with E-state index in [4.69, 9.17) is 4.99 Å². The van der Waals surface area contributed by atoms with Crippen molar-refractivity contribution in [2.75, 3.05) is 18.0 Å². The third-order valence-corrected chi connectivity index (χ3v) is 7.59. The van der Waals surface area contributed by atoms with Crippen molar-refractivity contribution in [3.63, 3.8) is 0 Å². The summed E-state index contributed by atoms with van der Waals surface area (Å²) in [5.41, 5.74) is 2.71. The lowest BCUT2D eigenvalue weighted by Crippen LogP contribution is -2.57. The molecule has 1 spiro atoms. The second-order valence-electron chi connectivity index (χ2n) is 9.75. The van der Waals surface area contributed by atoms with Gasteiger partial charge in [0.1, 0.15) is 17.2 Å². The summed E-state index contributed by atoms with van der Waals surface area (Å²) in [6, 6.07) is 15.0. The normalized spacial score (nSPS) is 22.8. The van der Waals surface area contributed by atoms with Crippen molar-refractivity contribution in [2.45, 2.75) is 70.0 Å². The fraction of sp³-hybridized carbons (Fsp3) is 0.481. The van der Waals surface area contributed by atoms with Crippen LogP contribution in [0.25, 0.3) is 0 Å². The molecule has 5 nitrogen and oxygen atoms in total. The summed E-state index contributed by atoms with van der Waals surface area (Å²) in [5.74, 6) is 0.462. The first-order chi connectivity index (χ1) is 16.0. The zero-order chi connectivity index (χ0) is 22.8. The monoisotopic (exact) mass is 448 g/mol. The standard InChI is InChI=1S/C27H33FN4O/c1-20-8-5-6-9-21(20)19-31-16-14-27(15-17-31)25(29-23-11-3-2-4-12-23)30-26(33)32(27)24-13-7-10-22(28)18-24/h5-10,13,18,23H,2-4,11-12,14-17,19H2,1H3,(H,29,30,33). The van der Waals surface area contributed by atoms with Gasteiger partial charge in [-0.3, -0.25) is 20.1 Å². The number of halogens is 1. The molecule has 2 aromatic carbocycles. The van der Waals surface area contributed by atoms with Crippen molar-refractivity contribution in [1.29, 1.82) is 0 Å². The zero-order valence-electron chi connectivity index (χ0n) is 19.4. The molecule has 1 saturated carbocycles. The molecule has 0 bridgehead atoms. The highest BCUT2D eigenvalue weighted by molar-refractivity contribution is 6.19. The van der Waals surface area contributed by atoms with Gasteiger partial charge < -0.3 is 0 Å². The number of hydrogen-bond acceptors (Lipinski definition) is 3. The number of amides is 2.